The summed E-state index contributed by atoms with van der Waals surface area (Å²) in [4.78, 5) is 4.22. The van der Waals surface area contributed by atoms with Crippen LogP contribution in [-0.4, -0.2) is 37.7 Å². The average Bonchev–Trinajstić information content (AvgIpc) is 3.41. The Labute approximate surface area is 148 Å². The zero-order chi connectivity index (χ0) is 17.5. The van der Waals surface area contributed by atoms with Gasteiger partial charge in [0.25, 0.3) is 0 Å². The van der Waals surface area contributed by atoms with Gasteiger partial charge in [-0.1, -0.05) is 13.0 Å². The summed E-state index contributed by atoms with van der Waals surface area (Å²) in [6.45, 7) is 5.60. The van der Waals surface area contributed by atoms with Gasteiger partial charge in [-0.2, -0.15) is 11.8 Å². The predicted molar refractivity (Wildman–Crippen MR) is 101 cm³/mol. The van der Waals surface area contributed by atoms with Gasteiger partial charge in [-0.05, 0) is 49.6 Å². The molecule has 1 fully saturated rings. The molecule has 1 aliphatic rings. The number of nitrogens with one attached hydrogen (secondary N) is 2. The fourth-order valence-corrected chi connectivity index (χ4v) is 2.45. The lowest BCUT2D eigenvalue weighted by atomic mass is 10.1. The fourth-order valence-electron chi connectivity index (χ4n) is 2.20. The van der Waals surface area contributed by atoms with E-state index in [0.29, 0.717) is 23.5 Å². The molecule has 2 unspecified atom stereocenters. The van der Waals surface area contributed by atoms with Crippen LogP contribution in [0.3, 0.4) is 0 Å². The number of ether oxygens (including phenoxy) is 1. The zero-order valence-corrected chi connectivity index (χ0v) is 15.8. The second kappa shape index (κ2) is 9.16. The summed E-state index contributed by atoms with van der Waals surface area (Å²) in [5.74, 6) is 1.37. The summed E-state index contributed by atoms with van der Waals surface area (Å²) in [6, 6.07) is 5.11. The third-order valence-corrected chi connectivity index (χ3v) is 5.13. The molecule has 0 amide bonds. The minimum atomic E-state index is -0.305. The number of nitrogens with zero attached hydrogens (tertiary/aromatic N) is 1. The fraction of sp³-hybridized carbons (Fsp3) is 0.611. The Hall–Kier alpha value is -1.43. The Kier molecular flexibility index (Phi) is 7.21. The molecule has 0 radical (unpaired) electrons. The minimum absolute atomic E-state index is 0.0484. The van der Waals surface area contributed by atoms with Crippen LogP contribution in [0, 0.1) is 11.7 Å². The number of hydrogen-bond donors (Lipinski definition) is 2. The largest absolute Gasteiger partial charge is 0.490 e. The summed E-state index contributed by atoms with van der Waals surface area (Å²) in [5, 5.41) is 7.08. The maximum Gasteiger partial charge on any atom is 0.191 e. The predicted octanol–water partition coefficient (Wildman–Crippen LogP) is 3.59. The monoisotopic (exact) mass is 353 g/mol. The molecule has 2 N–H and O–H groups in total. The van der Waals surface area contributed by atoms with Crippen molar-refractivity contribution in [1.82, 2.24) is 10.6 Å². The van der Waals surface area contributed by atoms with Gasteiger partial charge in [0, 0.05) is 18.8 Å². The normalized spacial score (nSPS) is 17.3. The summed E-state index contributed by atoms with van der Waals surface area (Å²) < 4.78 is 19.7. The number of halogens is 1. The van der Waals surface area contributed by atoms with E-state index in [9.17, 15) is 4.39 Å². The summed E-state index contributed by atoms with van der Waals surface area (Å²) in [5.41, 5.74) is 0.868. The van der Waals surface area contributed by atoms with E-state index in [1.807, 2.05) is 13.0 Å². The smallest absolute Gasteiger partial charge is 0.191 e. The zero-order valence-electron chi connectivity index (χ0n) is 14.9. The molecule has 0 saturated heterocycles. The van der Waals surface area contributed by atoms with E-state index in [-0.39, 0.29) is 11.9 Å². The van der Waals surface area contributed by atoms with E-state index in [4.69, 9.17) is 4.74 Å². The second-order valence-electron chi connectivity index (χ2n) is 6.31. The van der Waals surface area contributed by atoms with Crippen molar-refractivity contribution in [2.24, 2.45) is 10.9 Å². The van der Waals surface area contributed by atoms with E-state index in [1.54, 1.807) is 24.9 Å². The Morgan fingerprint density at radius 1 is 1.42 bits per heavy atom. The average molecular weight is 354 g/mol. The summed E-state index contributed by atoms with van der Waals surface area (Å²) >= 11 is 1.80. The minimum Gasteiger partial charge on any atom is -0.490 e. The maximum atomic E-state index is 14.2. The van der Waals surface area contributed by atoms with Crippen molar-refractivity contribution in [3.63, 3.8) is 0 Å². The third-order valence-electron chi connectivity index (χ3n) is 4.16. The van der Waals surface area contributed by atoms with Crippen LogP contribution in [0.25, 0.3) is 0 Å². The Morgan fingerprint density at radius 2 is 2.17 bits per heavy atom. The Bertz CT molecular complexity index is 563. The van der Waals surface area contributed by atoms with Gasteiger partial charge in [-0.3, -0.25) is 4.99 Å². The summed E-state index contributed by atoms with van der Waals surface area (Å²) in [6.07, 6.45) is 4.48. The highest BCUT2D eigenvalue weighted by atomic mass is 32.2. The molecule has 0 aliphatic heterocycles. The van der Waals surface area contributed by atoms with Gasteiger partial charge in [-0.15, -0.1) is 0 Å². The molecule has 0 aromatic heterocycles. The lowest BCUT2D eigenvalue weighted by Gasteiger charge is -2.20. The Balaban J connectivity index is 1.90. The van der Waals surface area contributed by atoms with Crippen molar-refractivity contribution >= 4 is 17.7 Å². The van der Waals surface area contributed by atoms with Gasteiger partial charge in [0.05, 0.1) is 12.6 Å². The molecule has 6 heteroatoms. The van der Waals surface area contributed by atoms with Crippen molar-refractivity contribution in [3.05, 3.63) is 29.6 Å². The van der Waals surface area contributed by atoms with Crippen LogP contribution in [-0.2, 0) is 0 Å². The molecular formula is C18H28FN3OS. The molecule has 4 nitrogen and oxygen atoms in total. The number of guanidine groups is 1. The van der Waals surface area contributed by atoms with E-state index >= 15 is 0 Å². The summed E-state index contributed by atoms with van der Waals surface area (Å²) in [7, 11) is 1.74. The number of benzene rings is 1. The molecule has 0 bridgehead atoms. The second-order valence-corrected chi connectivity index (χ2v) is 7.59. The molecule has 2 rings (SSSR count). The molecule has 0 spiro atoms. The standard InChI is InChI=1S/C18H28FN3OS/c1-12(24-4)10-21-18(20-3)22-13(2)15-7-8-17(16(19)9-15)23-11-14-5-6-14/h7-9,12-14H,5-6,10-11H2,1-4H3,(H2,20,21,22). The van der Waals surface area contributed by atoms with E-state index < -0.39 is 0 Å². The van der Waals surface area contributed by atoms with Crippen molar-refractivity contribution < 1.29 is 9.13 Å². The molecule has 0 heterocycles. The van der Waals surface area contributed by atoms with Gasteiger partial charge >= 0.3 is 0 Å². The Morgan fingerprint density at radius 3 is 2.75 bits per heavy atom. The lowest BCUT2D eigenvalue weighted by molar-refractivity contribution is 0.285. The number of thioether (sulfide) groups is 1. The molecule has 24 heavy (non-hydrogen) atoms. The van der Waals surface area contributed by atoms with E-state index in [2.05, 4.69) is 28.8 Å². The third kappa shape index (κ3) is 5.89. The highest BCUT2D eigenvalue weighted by Crippen LogP contribution is 2.30. The van der Waals surface area contributed by atoms with Gasteiger partial charge in [0.1, 0.15) is 0 Å². The van der Waals surface area contributed by atoms with E-state index in [0.717, 1.165) is 18.1 Å². The van der Waals surface area contributed by atoms with Crippen LogP contribution in [0.15, 0.2) is 23.2 Å². The van der Waals surface area contributed by atoms with Crippen molar-refractivity contribution in [3.8, 4) is 5.75 Å². The first-order chi connectivity index (χ1) is 11.5. The number of aliphatic imine (C=N–C) groups is 1. The van der Waals surface area contributed by atoms with Gasteiger partial charge in [0.15, 0.2) is 17.5 Å². The SMILES string of the molecule is CN=C(NCC(C)SC)NC(C)c1ccc(OCC2CC2)c(F)c1. The topological polar surface area (TPSA) is 45.7 Å². The van der Waals surface area contributed by atoms with Gasteiger partial charge < -0.3 is 15.4 Å². The molecule has 134 valence electrons. The highest BCUT2D eigenvalue weighted by molar-refractivity contribution is 7.99. The van der Waals surface area contributed by atoms with Crippen molar-refractivity contribution in [1.29, 1.82) is 0 Å². The van der Waals surface area contributed by atoms with E-state index in [1.165, 1.54) is 18.9 Å². The molecule has 1 aromatic carbocycles. The molecule has 2 atom stereocenters. The van der Waals surface area contributed by atoms with Crippen molar-refractivity contribution in [2.75, 3.05) is 26.5 Å². The van der Waals surface area contributed by atoms with Gasteiger partial charge in [0.2, 0.25) is 0 Å². The first-order valence-electron chi connectivity index (χ1n) is 8.45. The molecule has 1 aromatic rings. The number of rotatable bonds is 8. The lowest BCUT2D eigenvalue weighted by Crippen LogP contribution is -2.41. The van der Waals surface area contributed by atoms with Gasteiger partial charge in [-0.25, -0.2) is 4.39 Å². The highest BCUT2D eigenvalue weighted by Gasteiger charge is 2.22. The van der Waals surface area contributed by atoms with Crippen LogP contribution >= 0.6 is 11.8 Å². The van der Waals surface area contributed by atoms with Crippen LogP contribution < -0.4 is 15.4 Å². The first-order valence-corrected chi connectivity index (χ1v) is 9.74. The van der Waals surface area contributed by atoms with Crippen LogP contribution in [0.4, 0.5) is 4.39 Å². The number of hydrogen-bond acceptors (Lipinski definition) is 3. The van der Waals surface area contributed by atoms with Crippen LogP contribution in [0.5, 0.6) is 5.75 Å². The van der Waals surface area contributed by atoms with Crippen molar-refractivity contribution in [2.45, 2.75) is 38.0 Å². The van der Waals surface area contributed by atoms with Crippen LogP contribution in [0.1, 0.15) is 38.3 Å². The maximum absolute atomic E-state index is 14.2. The molecule has 1 aliphatic carbocycles. The molecular weight excluding hydrogens is 325 g/mol. The molecule has 1 saturated carbocycles. The first kappa shape index (κ1) is 18.9. The van der Waals surface area contributed by atoms with Crippen LogP contribution in [0.2, 0.25) is 0 Å². The quantitative estimate of drug-likeness (QED) is 0.554.